The van der Waals surface area contributed by atoms with E-state index in [4.69, 9.17) is 23.8 Å². The van der Waals surface area contributed by atoms with Crippen LogP contribution >= 0.6 is 23.8 Å². The largest absolute Gasteiger partial charge is 0.337 e. The van der Waals surface area contributed by atoms with Gasteiger partial charge in [-0.25, -0.2) is 0 Å². The maximum atomic E-state index is 6.00. The Hall–Kier alpha value is -1.06. The number of rotatable bonds is 1. The summed E-state index contributed by atoms with van der Waals surface area (Å²) >= 11 is 10.9. The van der Waals surface area contributed by atoms with Gasteiger partial charge in [0.25, 0.3) is 0 Å². The summed E-state index contributed by atoms with van der Waals surface area (Å²) in [6, 6.07) is 7.62. The molecule has 1 aromatic heterocycles. The third-order valence-electron chi connectivity index (χ3n) is 1.76. The van der Waals surface area contributed by atoms with Crippen LogP contribution in [0.5, 0.6) is 0 Å². The van der Waals surface area contributed by atoms with Crippen LogP contribution in [0.25, 0.3) is 11.3 Å². The predicted molar refractivity (Wildman–Crippen MR) is 56.4 cm³/mol. The number of halogens is 1. The molecule has 66 valence electrons. The lowest BCUT2D eigenvalue weighted by Crippen LogP contribution is -1.77. The number of aromatic nitrogens is 2. The van der Waals surface area contributed by atoms with E-state index in [1.165, 1.54) is 0 Å². The topological polar surface area (TPSA) is 31.6 Å². The Kier molecular flexibility index (Phi) is 2.20. The van der Waals surface area contributed by atoms with E-state index >= 15 is 0 Å². The van der Waals surface area contributed by atoms with Gasteiger partial charge in [-0.15, -0.1) is 0 Å². The van der Waals surface area contributed by atoms with Crippen molar-refractivity contribution in [3.8, 4) is 11.3 Å². The van der Waals surface area contributed by atoms with Crippen molar-refractivity contribution in [2.75, 3.05) is 0 Å². The van der Waals surface area contributed by atoms with Gasteiger partial charge in [0.15, 0.2) is 4.77 Å². The zero-order valence-electron chi connectivity index (χ0n) is 6.67. The number of benzene rings is 1. The first-order valence-electron chi connectivity index (χ1n) is 3.80. The van der Waals surface area contributed by atoms with E-state index in [2.05, 4.69) is 9.97 Å². The van der Waals surface area contributed by atoms with Crippen LogP contribution in [-0.2, 0) is 0 Å². The van der Waals surface area contributed by atoms with Crippen molar-refractivity contribution in [1.82, 2.24) is 9.97 Å². The molecule has 2 N–H and O–H groups in total. The fourth-order valence-electron chi connectivity index (χ4n) is 1.16. The minimum atomic E-state index is 0.606. The van der Waals surface area contributed by atoms with Crippen LogP contribution in [0.1, 0.15) is 0 Å². The number of nitrogens with one attached hydrogen (secondary N) is 2. The summed E-state index contributed by atoms with van der Waals surface area (Å²) in [6.45, 7) is 0. The van der Waals surface area contributed by atoms with Crippen LogP contribution in [0, 0.1) is 4.77 Å². The first-order valence-corrected chi connectivity index (χ1v) is 4.58. The second-order valence-corrected chi connectivity index (χ2v) is 3.45. The summed E-state index contributed by atoms with van der Waals surface area (Å²) in [7, 11) is 0. The normalized spacial score (nSPS) is 10.2. The molecular formula is C9H7ClN2S. The van der Waals surface area contributed by atoms with Gasteiger partial charge in [-0.05, 0) is 18.3 Å². The van der Waals surface area contributed by atoms with Crippen molar-refractivity contribution in [2.24, 2.45) is 0 Å². The molecule has 0 saturated carbocycles. The smallest absolute Gasteiger partial charge is 0.174 e. The van der Waals surface area contributed by atoms with E-state index in [-0.39, 0.29) is 0 Å². The minimum absolute atomic E-state index is 0.606. The Morgan fingerprint density at radius 2 is 2.00 bits per heavy atom. The van der Waals surface area contributed by atoms with Crippen molar-refractivity contribution in [3.63, 3.8) is 0 Å². The van der Waals surface area contributed by atoms with Gasteiger partial charge in [-0.3, -0.25) is 0 Å². The molecular weight excluding hydrogens is 204 g/mol. The predicted octanol–water partition coefficient (Wildman–Crippen LogP) is 3.39. The molecule has 0 unspecified atom stereocenters. The number of imidazole rings is 1. The minimum Gasteiger partial charge on any atom is -0.337 e. The molecule has 13 heavy (non-hydrogen) atoms. The van der Waals surface area contributed by atoms with Crippen molar-refractivity contribution in [3.05, 3.63) is 40.3 Å². The zero-order chi connectivity index (χ0) is 9.26. The van der Waals surface area contributed by atoms with Crippen molar-refractivity contribution in [2.45, 2.75) is 0 Å². The van der Waals surface area contributed by atoms with Crippen LogP contribution in [0.4, 0.5) is 0 Å². The highest BCUT2D eigenvalue weighted by molar-refractivity contribution is 7.71. The second kappa shape index (κ2) is 3.36. The lowest BCUT2D eigenvalue weighted by atomic mass is 10.2. The lowest BCUT2D eigenvalue weighted by Gasteiger charge is -1.98. The van der Waals surface area contributed by atoms with Gasteiger partial charge in [-0.2, -0.15) is 0 Å². The van der Waals surface area contributed by atoms with E-state index in [0.29, 0.717) is 9.79 Å². The summed E-state index contributed by atoms with van der Waals surface area (Å²) < 4.78 is 0.606. The third-order valence-corrected chi connectivity index (χ3v) is 2.31. The van der Waals surface area contributed by atoms with E-state index in [0.717, 1.165) is 11.3 Å². The maximum absolute atomic E-state index is 6.00. The molecule has 1 aromatic carbocycles. The number of H-pyrrole nitrogens is 2. The Morgan fingerprint density at radius 3 is 2.62 bits per heavy atom. The summed E-state index contributed by atoms with van der Waals surface area (Å²) in [6.07, 6.45) is 1.81. The van der Waals surface area contributed by atoms with Crippen LogP contribution < -0.4 is 0 Å². The number of hydrogen-bond donors (Lipinski definition) is 2. The molecule has 2 rings (SSSR count). The fourth-order valence-corrected chi connectivity index (χ4v) is 1.56. The molecule has 0 amide bonds. The van der Waals surface area contributed by atoms with Crippen molar-refractivity contribution in [1.29, 1.82) is 0 Å². The lowest BCUT2D eigenvalue weighted by molar-refractivity contribution is 1.27. The van der Waals surface area contributed by atoms with E-state index < -0.39 is 0 Å². The molecule has 0 bridgehead atoms. The number of aromatic amines is 2. The molecule has 0 saturated heterocycles. The monoisotopic (exact) mass is 210 g/mol. The van der Waals surface area contributed by atoms with Gasteiger partial charge in [-0.1, -0.05) is 29.8 Å². The van der Waals surface area contributed by atoms with Gasteiger partial charge in [0, 0.05) is 16.8 Å². The zero-order valence-corrected chi connectivity index (χ0v) is 8.25. The SMILES string of the molecule is S=c1[nH]cc(-c2ccccc2Cl)[nH]1. The van der Waals surface area contributed by atoms with Gasteiger partial charge in [0.1, 0.15) is 0 Å². The van der Waals surface area contributed by atoms with Crippen LogP contribution in [0.3, 0.4) is 0 Å². The first-order chi connectivity index (χ1) is 6.27. The van der Waals surface area contributed by atoms with Crippen LogP contribution in [-0.4, -0.2) is 9.97 Å². The molecule has 1 heterocycles. The Morgan fingerprint density at radius 1 is 1.23 bits per heavy atom. The highest BCUT2D eigenvalue weighted by Crippen LogP contribution is 2.25. The fraction of sp³-hybridized carbons (Fsp3) is 0. The molecule has 0 atom stereocenters. The summed E-state index contributed by atoms with van der Waals surface area (Å²) in [5.41, 5.74) is 1.87. The highest BCUT2D eigenvalue weighted by atomic mass is 35.5. The average Bonchev–Trinajstić information content (AvgIpc) is 2.53. The summed E-state index contributed by atoms with van der Waals surface area (Å²) in [4.78, 5) is 5.90. The molecule has 0 aliphatic heterocycles. The molecule has 2 aromatic rings. The summed E-state index contributed by atoms with van der Waals surface area (Å²) in [5.74, 6) is 0. The number of hydrogen-bond acceptors (Lipinski definition) is 1. The van der Waals surface area contributed by atoms with Gasteiger partial charge < -0.3 is 9.97 Å². The Labute approximate surface area is 85.6 Å². The molecule has 0 radical (unpaired) electrons. The summed E-state index contributed by atoms with van der Waals surface area (Å²) in [5, 5.41) is 0.716. The van der Waals surface area contributed by atoms with Gasteiger partial charge in [0.05, 0.1) is 5.69 Å². The quantitative estimate of drug-likeness (QED) is 0.695. The standard InChI is InChI=1S/C9H7ClN2S/c10-7-4-2-1-3-6(7)8-5-11-9(13)12-8/h1-5H,(H2,11,12,13). The Balaban J connectivity index is 2.58. The molecule has 0 fully saturated rings. The van der Waals surface area contributed by atoms with Crippen molar-refractivity contribution >= 4 is 23.8 Å². The molecule has 0 aliphatic carbocycles. The Bertz CT molecular complexity index is 472. The first kappa shape index (κ1) is 8.53. The van der Waals surface area contributed by atoms with Gasteiger partial charge in [0.2, 0.25) is 0 Å². The van der Waals surface area contributed by atoms with E-state index in [1.807, 2.05) is 30.5 Å². The molecule has 4 heteroatoms. The van der Waals surface area contributed by atoms with E-state index in [1.54, 1.807) is 0 Å². The van der Waals surface area contributed by atoms with E-state index in [9.17, 15) is 0 Å². The maximum Gasteiger partial charge on any atom is 0.174 e. The van der Waals surface area contributed by atoms with Gasteiger partial charge >= 0.3 is 0 Å². The second-order valence-electron chi connectivity index (χ2n) is 2.64. The molecule has 0 spiro atoms. The van der Waals surface area contributed by atoms with Crippen molar-refractivity contribution < 1.29 is 0 Å². The average molecular weight is 211 g/mol. The molecule has 2 nitrogen and oxygen atoms in total. The van der Waals surface area contributed by atoms with Crippen LogP contribution in [0.15, 0.2) is 30.5 Å². The van der Waals surface area contributed by atoms with Crippen LogP contribution in [0.2, 0.25) is 5.02 Å². The molecule has 0 aliphatic rings. The highest BCUT2D eigenvalue weighted by Gasteiger charge is 2.02. The third kappa shape index (κ3) is 1.66.